The first-order valence-corrected chi connectivity index (χ1v) is 5.16. The van der Waals surface area contributed by atoms with Gasteiger partial charge >= 0.3 is 0 Å². The fraction of sp³-hybridized carbons (Fsp3) is 0.818. The van der Waals surface area contributed by atoms with E-state index in [0.717, 1.165) is 13.0 Å². The molecule has 2 bridgehead atoms. The van der Waals surface area contributed by atoms with Crippen molar-refractivity contribution in [3.8, 4) is 0 Å². The van der Waals surface area contributed by atoms with Crippen molar-refractivity contribution in [2.75, 3.05) is 6.61 Å². The summed E-state index contributed by atoms with van der Waals surface area (Å²) in [7, 11) is 0. The Morgan fingerprint density at radius 1 is 1.46 bits per heavy atom. The molecule has 0 radical (unpaired) electrons. The lowest BCUT2D eigenvalue weighted by atomic mass is 9.94. The zero-order valence-corrected chi connectivity index (χ0v) is 8.31. The van der Waals surface area contributed by atoms with Crippen LogP contribution in [0.2, 0.25) is 0 Å². The molecule has 2 rings (SSSR count). The molecule has 2 nitrogen and oxygen atoms in total. The predicted octanol–water partition coefficient (Wildman–Crippen LogP) is 1.59. The van der Waals surface area contributed by atoms with E-state index in [9.17, 15) is 5.11 Å². The summed E-state index contributed by atoms with van der Waals surface area (Å²) in [6, 6.07) is 0. The smallest absolute Gasteiger partial charge is 0.0668 e. The summed E-state index contributed by atoms with van der Waals surface area (Å²) in [5.41, 5.74) is 0. The lowest BCUT2D eigenvalue weighted by Gasteiger charge is -2.19. The Bertz CT molecular complexity index is 210. The molecule has 13 heavy (non-hydrogen) atoms. The molecule has 0 aromatic heterocycles. The van der Waals surface area contributed by atoms with Gasteiger partial charge in [-0.25, -0.2) is 0 Å². The number of hydrogen-bond donors (Lipinski definition) is 1. The van der Waals surface area contributed by atoms with Gasteiger partial charge in [-0.1, -0.05) is 12.2 Å². The SMILES string of the molecule is CC(C)OCC1CC2C=CC1C2O. The molecule has 4 unspecified atom stereocenters. The molecule has 4 atom stereocenters. The summed E-state index contributed by atoms with van der Waals surface area (Å²) in [5.74, 6) is 1.32. The Labute approximate surface area is 79.6 Å². The fourth-order valence-electron chi connectivity index (χ4n) is 2.44. The molecule has 0 amide bonds. The largest absolute Gasteiger partial charge is 0.392 e. The van der Waals surface area contributed by atoms with Gasteiger partial charge in [-0.3, -0.25) is 0 Å². The third-order valence-electron chi connectivity index (χ3n) is 3.18. The number of fused-ring (bicyclic) bond motifs is 2. The van der Waals surface area contributed by atoms with Crippen molar-refractivity contribution in [2.45, 2.75) is 32.5 Å². The average molecular weight is 182 g/mol. The highest BCUT2D eigenvalue weighted by atomic mass is 16.5. The Morgan fingerprint density at radius 2 is 2.23 bits per heavy atom. The maximum Gasteiger partial charge on any atom is 0.0668 e. The third-order valence-corrected chi connectivity index (χ3v) is 3.18. The van der Waals surface area contributed by atoms with Gasteiger partial charge in [0, 0.05) is 11.8 Å². The normalized spacial score (nSPS) is 42.2. The quantitative estimate of drug-likeness (QED) is 0.672. The number of ether oxygens (including phenoxy) is 1. The second kappa shape index (κ2) is 3.43. The van der Waals surface area contributed by atoms with Gasteiger partial charge in [0.1, 0.15) is 0 Å². The predicted molar refractivity (Wildman–Crippen MR) is 51.3 cm³/mol. The summed E-state index contributed by atoms with van der Waals surface area (Å²) < 4.78 is 5.58. The monoisotopic (exact) mass is 182 g/mol. The average Bonchev–Trinajstić information content (AvgIpc) is 2.58. The molecule has 0 aliphatic heterocycles. The first kappa shape index (κ1) is 9.22. The van der Waals surface area contributed by atoms with Gasteiger partial charge in [0.25, 0.3) is 0 Å². The third kappa shape index (κ3) is 1.65. The summed E-state index contributed by atoms with van der Waals surface area (Å²) in [6.45, 7) is 4.92. The van der Waals surface area contributed by atoms with Crippen LogP contribution in [-0.2, 0) is 4.74 Å². The molecule has 74 valence electrons. The molecule has 0 aromatic carbocycles. The Morgan fingerprint density at radius 3 is 2.69 bits per heavy atom. The maximum atomic E-state index is 9.75. The minimum atomic E-state index is -0.124. The van der Waals surface area contributed by atoms with E-state index >= 15 is 0 Å². The molecule has 2 aliphatic rings. The van der Waals surface area contributed by atoms with Gasteiger partial charge < -0.3 is 9.84 Å². The van der Waals surface area contributed by atoms with E-state index in [1.165, 1.54) is 0 Å². The van der Waals surface area contributed by atoms with Crippen LogP contribution in [0.1, 0.15) is 20.3 Å². The van der Waals surface area contributed by atoms with Gasteiger partial charge in [-0.05, 0) is 26.2 Å². The lowest BCUT2D eigenvalue weighted by Crippen LogP contribution is -2.20. The van der Waals surface area contributed by atoms with Crippen LogP contribution in [0.25, 0.3) is 0 Å². The molecule has 2 aliphatic carbocycles. The molecule has 0 aromatic rings. The molecule has 2 heteroatoms. The first-order chi connectivity index (χ1) is 6.18. The van der Waals surface area contributed by atoms with Crippen LogP contribution in [0.5, 0.6) is 0 Å². The van der Waals surface area contributed by atoms with Crippen molar-refractivity contribution >= 4 is 0 Å². The topological polar surface area (TPSA) is 29.5 Å². The first-order valence-electron chi connectivity index (χ1n) is 5.16. The second-order valence-electron chi connectivity index (χ2n) is 4.49. The zero-order valence-electron chi connectivity index (χ0n) is 8.31. The second-order valence-corrected chi connectivity index (χ2v) is 4.49. The molecule has 0 saturated heterocycles. The highest BCUT2D eigenvalue weighted by Gasteiger charge is 2.43. The van der Waals surface area contributed by atoms with Crippen LogP contribution in [0, 0.1) is 17.8 Å². The highest BCUT2D eigenvalue weighted by molar-refractivity contribution is 5.15. The fourth-order valence-corrected chi connectivity index (χ4v) is 2.44. The number of rotatable bonds is 3. The maximum absolute atomic E-state index is 9.75. The van der Waals surface area contributed by atoms with Crippen molar-refractivity contribution in [2.24, 2.45) is 17.8 Å². The van der Waals surface area contributed by atoms with Crippen LogP contribution < -0.4 is 0 Å². The summed E-state index contributed by atoms with van der Waals surface area (Å²) in [5, 5.41) is 9.75. The minimum absolute atomic E-state index is 0.124. The van der Waals surface area contributed by atoms with Crippen molar-refractivity contribution < 1.29 is 9.84 Å². The molecule has 1 fully saturated rings. The van der Waals surface area contributed by atoms with E-state index in [2.05, 4.69) is 26.0 Å². The lowest BCUT2D eigenvalue weighted by molar-refractivity contribution is 0.0369. The molecule has 1 N–H and O–H groups in total. The van der Waals surface area contributed by atoms with E-state index < -0.39 is 0 Å². The van der Waals surface area contributed by atoms with E-state index in [4.69, 9.17) is 4.74 Å². The number of hydrogen-bond acceptors (Lipinski definition) is 2. The van der Waals surface area contributed by atoms with Gasteiger partial charge in [0.2, 0.25) is 0 Å². The van der Waals surface area contributed by atoms with Gasteiger partial charge in [-0.15, -0.1) is 0 Å². The number of aliphatic hydroxyl groups excluding tert-OH is 1. The van der Waals surface area contributed by atoms with Crippen LogP contribution in [0.4, 0.5) is 0 Å². The number of aliphatic hydroxyl groups is 1. The van der Waals surface area contributed by atoms with Crippen molar-refractivity contribution in [3.05, 3.63) is 12.2 Å². The molecule has 0 heterocycles. The van der Waals surface area contributed by atoms with Crippen molar-refractivity contribution in [1.82, 2.24) is 0 Å². The Hall–Kier alpha value is -0.340. The Balaban J connectivity index is 1.87. The van der Waals surface area contributed by atoms with Crippen LogP contribution in [0.15, 0.2) is 12.2 Å². The Kier molecular flexibility index (Phi) is 2.43. The summed E-state index contributed by atoms with van der Waals surface area (Å²) >= 11 is 0. The highest BCUT2D eigenvalue weighted by Crippen LogP contribution is 2.43. The van der Waals surface area contributed by atoms with E-state index in [0.29, 0.717) is 23.9 Å². The van der Waals surface area contributed by atoms with Gasteiger partial charge in [0.05, 0.1) is 18.8 Å². The van der Waals surface area contributed by atoms with E-state index in [1.807, 2.05) is 0 Å². The molecular formula is C11H18O2. The molecule has 0 spiro atoms. The van der Waals surface area contributed by atoms with E-state index in [1.54, 1.807) is 0 Å². The van der Waals surface area contributed by atoms with Crippen LogP contribution in [-0.4, -0.2) is 23.9 Å². The summed E-state index contributed by atoms with van der Waals surface area (Å²) in [6.07, 6.45) is 5.60. The van der Waals surface area contributed by atoms with Gasteiger partial charge in [-0.2, -0.15) is 0 Å². The van der Waals surface area contributed by atoms with Crippen LogP contribution in [0.3, 0.4) is 0 Å². The van der Waals surface area contributed by atoms with Crippen molar-refractivity contribution in [3.63, 3.8) is 0 Å². The minimum Gasteiger partial charge on any atom is -0.392 e. The molecular weight excluding hydrogens is 164 g/mol. The summed E-state index contributed by atoms with van der Waals surface area (Å²) in [4.78, 5) is 0. The zero-order chi connectivity index (χ0) is 9.42. The van der Waals surface area contributed by atoms with Gasteiger partial charge in [0.15, 0.2) is 0 Å². The van der Waals surface area contributed by atoms with E-state index in [-0.39, 0.29) is 6.10 Å². The molecule has 1 saturated carbocycles. The van der Waals surface area contributed by atoms with Crippen LogP contribution >= 0.6 is 0 Å². The standard InChI is InChI=1S/C11H18O2/c1-7(2)13-6-9-5-8-3-4-10(9)11(8)12/h3-4,7-12H,5-6H2,1-2H3. The van der Waals surface area contributed by atoms with Crippen molar-refractivity contribution in [1.29, 1.82) is 0 Å².